The number of nitrogens with one attached hydrogen (secondary N) is 3. The largest absolute Gasteiger partial charge is 0.546 e. The minimum atomic E-state index is -3.91. The van der Waals surface area contributed by atoms with Gasteiger partial charge in [-0.05, 0) is 32.3 Å². The maximum atomic E-state index is 12.5. The van der Waals surface area contributed by atoms with Gasteiger partial charge < -0.3 is 25.0 Å². The van der Waals surface area contributed by atoms with Gasteiger partial charge in [-0.15, -0.1) is 11.3 Å². The SMILES string of the molecule is CC(C)C1=COC(CNc2n[s+]([O-])nc2Nc2csc(S(=O)(=O)NC(C)(C)C)c2O)C1. The third-order valence-corrected chi connectivity index (χ3v) is 8.30. The second-order valence-corrected chi connectivity index (χ2v) is 12.2. The Balaban J connectivity index is 1.71. The van der Waals surface area contributed by atoms with Crippen molar-refractivity contribution < 1.29 is 22.8 Å². The van der Waals surface area contributed by atoms with E-state index < -0.39 is 32.5 Å². The third-order valence-electron chi connectivity index (χ3n) is 4.35. The Morgan fingerprint density at radius 3 is 2.65 bits per heavy atom. The Labute approximate surface area is 188 Å². The maximum Gasteiger partial charge on any atom is 0.254 e. The Bertz CT molecular complexity index is 1070. The molecule has 3 rings (SSSR count). The fourth-order valence-corrected chi connectivity index (χ4v) is 6.19. The molecule has 2 aromatic heterocycles. The number of anilines is 3. The van der Waals surface area contributed by atoms with E-state index in [1.165, 1.54) is 11.0 Å². The van der Waals surface area contributed by atoms with Crippen molar-refractivity contribution in [3.05, 3.63) is 17.2 Å². The van der Waals surface area contributed by atoms with E-state index in [1.807, 2.05) is 0 Å². The van der Waals surface area contributed by atoms with Gasteiger partial charge >= 0.3 is 0 Å². The molecule has 0 saturated heterocycles. The molecule has 13 heteroatoms. The molecule has 31 heavy (non-hydrogen) atoms. The van der Waals surface area contributed by atoms with Gasteiger partial charge in [0.05, 0.1) is 18.5 Å². The van der Waals surface area contributed by atoms with Crippen molar-refractivity contribution in [1.82, 2.24) is 13.5 Å². The molecule has 0 radical (unpaired) electrons. The van der Waals surface area contributed by atoms with Crippen molar-refractivity contribution in [3.8, 4) is 5.75 Å². The summed E-state index contributed by atoms with van der Waals surface area (Å²) in [7, 11) is -3.91. The van der Waals surface area contributed by atoms with Gasteiger partial charge in [-0.25, -0.2) is 13.1 Å². The van der Waals surface area contributed by atoms with Gasteiger partial charge in [0.25, 0.3) is 10.0 Å². The Morgan fingerprint density at radius 2 is 2.03 bits per heavy atom. The van der Waals surface area contributed by atoms with Gasteiger partial charge in [-0.1, -0.05) is 13.8 Å². The van der Waals surface area contributed by atoms with Crippen LogP contribution >= 0.6 is 22.5 Å². The average molecular weight is 490 g/mol. The molecular weight excluding hydrogens is 462 g/mol. The van der Waals surface area contributed by atoms with Crippen LogP contribution in [0.15, 0.2) is 21.4 Å². The zero-order valence-electron chi connectivity index (χ0n) is 17.9. The van der Waals surface area contributed by atoms with Gasteiger partial charge in [0.2, 0.25) is 11.6 Å². The molecule has 2 aromatic rings. The molecule has 0 spiro atoms. The number of thiophene rings is 1. The second kappa shape index (κ2) is 8.90. The van der Waals surface area contributed by atoms with Crippen LogP contribution in [-0.4, -0.2) is 45.0 Å². The molecule has 3 heterocycles. The second-order valence-electron chi connectivity index (χ2n) is 8.57. The fourth-order valence-electron chi connectivity index (χ4n) is 2.90. The van der Waals surface area contributed by atoms with E-state index in [1.54, 1.807) is 27.0 Å². The van der Waals surface area contributed by atoms with Crippen LogP contribution in [0.4, 0.5) is 17.3 Å². The molecular formula is C18H27N5O5S3. The van der Waals surface area contributed by atoms with E-state index in [4.69, 9.17) is 4.74 Å². The Morgan fingerprint density at radius 1 is 1.35 bits per heavy atom. The number of aromatic hydroxyl groups is 1. The smallest absolute Gasteiger partial charge is 0.254 e. The van der Waals surface area contributed by atoms with E-state index in [2.05, 4.69) is 38.0 Å². The number of rotatable bonds is 8. The number of sulfonamides is 1. The lowest BCUT2D eigenvalue weighted by atomic mass is 10.0. The molecule has 0 aliphatic carbocycles. The first-order chi connectivity index (χ1) is 14.4. The van der Waals surface area contributed by atoms with E-state index >= 15 is 0 Å². The number of aromatic nitrogens is 2. The number of ether oxygens (including phenoxy) is 1. The molecule has 0 aromatic carbocycles. The molecule has 0 fully saturated rings. The van der Waals surface area contributed by atoms with E-state index in [0.717, 1.165) is 17.8 Å². The molecule has 0 bridgehead atoms. The summed E-state index contributed by atoms with van der Waals surface area (Å²) < 4.78 is 52.7. The van der Waals surface area contributed by atoms with Crippen LogP contribution in [-0.2, 0) is 14.8 Å². The van der Waals surface area contributed by atoms with E-state index in [9.17, 15) is 18.1 Å². The highest BCUT2D eigenvalue weighted by Gasteiger charge is 2.29. The first-order valence-corrected chi connectivity index (χ1v) is 13.1. The van der Waals surface area contributed by atoms with Crippen molar-refractivity contribution in [3.63, 3.8) is 0 Å². The minimum absolute atomic E-state index is 0.0786. The summed E-state index contributed by atoms with van der Waals surface area (Å²) in [6, 6.07) is 0. The molecule has 1 aliphatic rings. The predicted octanol–water partition coefficient (Wildman–Crippen LogP) is 3.53. The maximum absolute atomic E-state index is 12.5. The van der Waals surface area contributed by atoms with Crippen LogP contribution in [0.25, 0.3) is 0 Å². The molecule has 172 valence electrons. The predicted molar refractivity (Wildman–Crippen MR) is 121 cm³/mol. The molecule has 4 N–H and O–H groups in total. The minimum Gasteiger partial charge on any atom is -0.546 e. The van der Waals surface area contributed by atoms with Crippen LogP contribution < -0.4 is 15.4 Å². The molecule has 0 saturated carbocycles. The summed E-state index contributed by atoms with van der Waals surface area (Å²) in [5, 5.41) is 17.8. The van der Waals surface area contributed by atoms with Crippen LogP contribution in [0, 0.1) is 5.92 Å². The van der Waals surface area contributed by atoms with Crippen LogP contribution in [0.1, 0.15) is 41.0 Å². The zero-order chi connectivity index (χ0) is 23.0. The monoisotopic (exact) mass is 489 g/mol. The van der Waals surface area contributed by atoms with Crippen LogP contribution in [0.3, 0.4) is 0 Å². The first kappa shape index (κ1) is 23.7. The number of hydrogen-bond donors (Lipinski definition) is 4. The van der Waals surface area contributed by atoms with E-state index in [0.29, 0.717) is 12.5 Å². The topological polar surface area (TPSA) is 149 Å². The lowest BCUT2D eigenvalue weighted by Crippen LogP contribution is -2.40. The summed E-state index contributed by atoms with van der Waals surface area (Å²) in [6.07, 6.45) is 2.48. The summed E-state index contributed by atoms with van der Waals surface area (Å²) in [6.45, 7) is 9.75. The molecule has 1 aliphatic heterocycles. The highest BCUT2D eigenvalue weighted by Crippen LogP contribution is 2.40. The average Bonchev–Trinajstić information content (AvgIpc) is 3.31. The van der Waals surface area contributed by atoms with Gasteiger partial charge in [0.1, 0.15) is 6.10 Å². The summed E-state index contributed by atoms with van der Waals surface area (Å²) in [5.74, 6) is 0.364. The molecule has 10 nitrogen and oxygen atoms in total. The molecule has 0 amide bonds. The van der Waals surface area contributed by atoms with Crippen LogP contribution in [0.2, 0.25) is 0 Å². The van der Waals surface area contributed by atoms with Gasteiger partial charge in [-0.2, -0.15) is 0 Å². The highest BCUT2D eigenvalue weighted by atomic mass is 32.2. The number of nitrogens with zero attached hydrogens (tertiary/aromatic N) is 2. The molecule has 2 atom stereocenters. The van der Waals surface area contributed by atoms with Gasteiger partial charge in [0, 0.05) is 26.1 Å². The standard InChI is InChI=1S/C18H27N5O5S3/c1-10(2)11-6-12(28-8-11)7-19-15-16(22-30(25)21-15)20-13-9-29-17(14(13)24)31(26,27)23-18(3,4)5/h8-10,12,23-24H,6-7H2,1-5H3,(H,19,21)(H,20,22). The first-order valence-electron chi connectivity index (χ1n) is 9.65. The van der Waals surface area contributed by atoms with Crippen molar-refractivity contribution in [2.45, 2.75) is 56.9 Å². The van der Waals surface area contributed by atoms with Crippen molar-refractivity contribution in [2.24, 2.45) is 5.92 Å². The fraction of sp³-hybridized carbons (Fsp3) is 0.556. The lowest BCUT2D eigenvalue weighted by Gasteiger charge is -2.19. The summed E-state index contributed by atoms with van der Waals surface area (Å²) in [5.41, 5.74) is 0.648. The Hall–Kier alpha value is -1.93. The van der Waals surface area contributed by atoms with Crippen LogP contribution in [0.5, 0.6) is 5.75 Å². The van der Waals surface area contributed by atoms with Crippen molar-refractivity contribution in [2.75, 3.05) is 17.2 Å². The normalized spacial score (nSPS) is 17.6. The molecule has 2 unspecified atom stereocenters. The third kappa shape index (κ3) is 5.86. The quantitative estimate of drug-likeness (QED) is 0.408. The van der Waals surface area contributed by atoms with Crippen molar-refractivity contribution >= 4 is 49.8 Å². The van der Waals surface area contributed by atoms with Crippen molar-refractivity contribution in [1.29, 1.82) is 0 Å². The van der Waals surface area contributed by atoms with E-state index in [-0.39, 0.29) is 27.6 Å². The summed E-state index contributed by atoms with van der Waals surface area (Å²) in [4.78, 5) is 0. The zero-order valence-corrected chi connectivity index (χ0v) is 20.4. The lowest BCUT2D eigenvalue weighted by molar-refractivity contribution is 0.182. The highest BCUT2D eigenvalue weighted by molar-refractivity contribution is 7.91. The summed E-state index contributed by atoms with van der Waals surface area (Å²) >= 11 is -0.951. The Kier molecular flexibility index (Phi) is 6.81. The number of hydrogen-bond acceptors (Lipinski definition) is 10. The van der Waals surface area contributed by atoms with Gasteiger partial charge in [0.15, 0.2) is 21.1 Å². The van der Waals surface area contributed by atoms with Gasteiger partial charge in [-0.3, -0.25) is 0 Å².